The van der Waals surface area contributed by atoms with Crippen LogP contribution in [0.15, 0.2) is 30.3 Å². The molecule has 2 N–H and O–H groups in total. The third-order valence-electron chi connectivity index (χ3n) is 3.12. The number of hydrogen-bond donors (Lipinski definition) is 2. The number of hydrogen-bond acceptors (Lipinski definition) is 5. The van der Waals surface area contributed by atoms with E-state index in [1.54, 1.807) is 11.8 Å². The molecule has 0 bridgehead atoms. The van der Waals surface area contributed by atoms with E-state index in [0.29, 0.717) is 6.42 Å². The molecule has 0 aromatic heterocycles. The van der Waals surface area contributed by atoms with Gasteiger partial charge in [-0.25, -0.2) is 4.79 Å². The van der Waals surface area contributed by atoms with Crippen molar-refractivity contribution in [3.8, 4) is 0 Å². The van der Waals surface area contributed by atoms with Crippen LogP contribution in [0, 0.1) is 0 Å². The molecule has 1 aromatic rings. The first-order chi connectivity index (χ1) is 9.70. The van der Waals surface area contributed by atoms with Crippen LogP contribution in [0.1, 0.15) is 5.56 Å². The van der Waals surface area contributed by atoms with Crippen LogP contribution in [0.25, 0.3) is 0 Å². The molecule has 2 atom stereocenters. The largest absolute Gasteiger partial charge is 0.467 e. The number of carbonyl (C=O) groups is 2. The Kier molecular flexibility index (Phi) is 5.43. The average Bonchev–Trinajstić information content (AvgIpc) is 3.01. The fourth-order valence-corrected chi connectivity index (χ4v) is 2.96. The van der Waals surface area contributed by atoms with E-state index < -0.39 is 12.0 Å². The standard InChI is InChI=1S/C14H18N2O3S/c1-19-14(18)11(7-10-5-3-2-4-6-10)16-13(17)12-8-20-9-15-12/h2-6,11-12,15H,7-9H2,1H3,(H,16,17). The summed E-state index contributed by atoms with van der Waals surface area (Å²) in [5.41, 5.74) is 0.983. The summed E-state index contributed by atoms with van der Waals surface area (Å²) in [5, 5.41) is 5.85. The van der Waals surface area contributed by atoms with Crippen LogP contribution in [0.3, 0.4) is 0 Å². The van der Waals surface area contributed by atoms with Crippen molar-refractivity contribution in [3.05, 3.63) is 35.9 Å². The van der Waals surface area contributed by atoms with E-state index in [1.807, 2.05) is 30.3 Å². The van der Waals surface area contributed by atoms with E-state index >= 15 is 0 Å². The Labute approximate surface area is 122 Å². The van der Waals surface area contributed by atoms with Crippen LogP contribution in [0.5, 0.6) is 0 Å². The number of esters is 1. The zero-order chi connectivity index (χ0) is 14.4. The number of amides is 1. The highest BCUT2D eigenvalue weighted by Crippen LogP contribution is 2.10. The third-order valence-corrected chi connectivity index (χ3v) is 4.06. The highest BCUT2D eigenvalue weighted by atomic mass is 32.2. The van der Waals surface area contributed by atoms with Crippen molar-refractivity contribution in [1.82, 2.24) is 10.6 Å². The smallest absolute Gasteiger partial charge is 0.328 e. The Morgan fingerprint density at radius 1 is 1.45 bits per heavy atom. The van der Waals surface area contributed by atoms with Crippen LogP contribution in [0.4, 0.5) is 0 Å². The van der Waals surface area contributed by atoms with Crippen LogP contribution in [0.2, 0.25) is 0 Å². The number of thioether (sulfide) groups is 1. The van der Waals surface area contributed by atoms with Crippen molar-refractivity contribution >= 4 is 23.6 Å². The number of ether oxygens (including phenoxy) is 1. The van der Waals surface area contributed by atoms with Crippen molar-refractivity contribution in [2.24, 2.45) is 0 Å². The van der Waals surface area contributed by atoms with Crippen molar-refractivity contribution in [2.45, 2.75) is 18.5 Å². The second-order valence-electron chi connectivity index (χ2n) is 4.55. The molecule has 20 heavy (non-hydrogen) atoms. The zero-order valence-electron chi connectivity index (χ0n) is 11.3. The molecule has 0 saturated carbocycles. The fraction of sp³-hybridized carbons (Fsp3) is 0.429. The van der Waals surface area contributed by atoms with Gasteiger partial charge in [0.25, 0.3) is 0 Å². The monoisotopic (exact) mass is 294 g/mol. The lowest BCUT2D eigenvalue weighted by molar-refractivity contribution is -0.145. The van der Waals surface area contributed by atoms with Gasteiger partial charge in [-0.1, -0.05) is 30.3 Å². The predicted molar refractivity (Wildman–Crippen MR) is 78.3 cm³/mol. The zero-order valence-corrected chi connectivity index (χ0v) is 12.1. The van der Waals surface area contributed by atoms with Gasteiger partial charge in [0.15, 0.2) is 0 Å². The molecule has 108 valence electrons. The van der Waals surface area contributed by atoms with E-state index in [4.69, 9.17) is 4.74 Å². The maximum Gasteiger partial charge on any atom is 0.328 e. The molecule has 1 aliphatic heterocycles. The highest BCUT2D eigenvalue weighted by Gasteiger charge is 2.28. The Balaban J connectivity index is 2.00. The number of benzene rings is 1. The predicted octanol–water partition coefficient (Wildman–Crippen LogP) is 0.549. The van der Waals surface area contributed by atoms with Crippen molar-refractivity contribution < 1.29 is 14.3 Å². The molecular formula is C14H18N2O3S. The molecule has 1 heterocycles. The molecule has 1 fully saturated rings. The molecule has 1 saturated heterocycles. The molecule has 6 heteroatoms. The molecule has 0 spiro atoms. The van der Waals surface area contributed by atoms with Crippen molar-refractivity contribution in [2.75, 3.05) is 18.7 Å². The van der Waals surface area contributed by atoms with Gasteiger partial charge in [0.1, 0.15) is 6.04 Å². The minimum Gasteiger partial charge on any atom is -0.467 e. The molecule has 5 nitrogen and oxygen atoms in total. The molecule has 1 aliphatic rings. The second-order valence-corrected chi connectivity index (χ2v) is 5.58. The Hall–Kier alpha value is -1.53. The number of methoxy groups -OCH3 is 1. The summed E-state index contributed by atoms with van der Waals surface area (Å²) in [6.45, 7) is 0. The summed E-state index contributed by atoms with van der Waals surface area (Å²) in [6.07, 6.45) is 0.430. The summed E-state index contributed by atoms with van der Waals surface area (Å²) in [7, 11) is 1.33. The van der Waals surface area contributed by atoms with Gasteiger partial charge in [-0.15, -0.1) is 11.8 Å². The summed E-state index contributed by atoms with van der Waals surface area (Å²) in [5.74, 6) is 0.916. The Bertz CT molecular complexity index is 461. The average molecular weight is 294 g/mol. The summed E-state index contributed by atoms with van der Waals surface area (Å²) < 4.78 is 4.77. The van der Waals surface area contributed by atoms with Gasteiger partial charge in [-0.2, -0.15) is 0 Å². The fourth-order valence-electron chi connectivity index (χ4n) is 2.02. The molecular weight excluding hydrogens is 276 g/mol. The highest BCUT2D eigenvalue weighted by molar-refractivity contribution is 7.99. The van der Waals surface area contributed by atoms with E-state index in [9.17, 15) is 9.59 Å². The molecule has 1 aromatic carbocycles. The molecule has 0 aliphatic carbocycles. The van der Waals surface area contributed by atoms with E-state index in [1.165, 1.54) is 7.11 Å². The first-order valence-corrected chi connectivity index (χ1v) is 7.59. The molecule has 2 unspecified atom stereocenters. The lowest BCUT2D eigenvalue weighted by Crippen LogP contribution is -2.50. The molecule has 0 radical (unpaired) electrons. The molecule has 2 rings (SSSR count). The number of carbonyl (C=O) groups excluding carboxylic acids is 2. The normalized spacial score (nSPS) is 19.4. The topological polar surface area (TPSA) is 67.4 Å². The third kappa shape index (κ3) is 3.98. The second kappa shape index (κ2) is 7.31. The van der Waals surface area contributed by atoms with Crippen LogP contribution in [-0.2, 0) is 20.7 Å². The number of nitrogens with one attached hydrogen (secondary N) is 2. The van der Waals surface area contributed by atoms with Crippen LogP contribution < -0.4 is 10.6 Å². The quantitative estimate of drug-likeness (QED) is 0.776. The first-order valence-electron chi connectivity index (χ1n) is 6.44. The van der Waals surface area contributed by atoms with Gasteiger partial charge in [-0.3, -0.25) is 10.1 Å². The minimum atomic E-state index is -0.651. The summed E-state index contributed by atoms with van der Waals surface area (Å²) in [6, 6.07) is 8.68. The Morgan fingerprint density at radius 3 is 2.80 bits per heavy atom. The van der Waals surface area contributed by atoms with Gasteiger partial charge < -0.3 is 10.1 Å². The Morgan fingerprint density at radius 2 is 2.20 bits per heavy atom. The van der Waals surface area contributed by atoms with Gasteiger partial charge in [0.2, 0.25) is 5.91 Å². The summed E-state index contributed by atoms with van der Waals surface area (Å²) >= 11 is 1.67. The van der Waals surface area contributed by atoms with Gasteiger partial charge in [-0.05, 0) is 5.56 Å². The summed E-state index contributed by atoms with van der Waals surface area (Å²) in [4.78, 5) is 23.9. The van der Waals surface area contributed by atoms with Crippen LogP contribution >= 0.6 is 11.8 Å². The SMILES string of the molecule is COC(=O)C(Cc1ccccc1)NC(=O)C1CSCN1. The lowest BCUT2D eigenvalue weighted by atomic mass is 10.1. The van der Waals surface area contributed by atoms with Crippen molar-refractivity contribution in [1.29, 1.82) is 0 Å². The molecule has 1 amide bonds. The van der Waals surface area contributed by atoms with Gasteiger partial charge in [0.05, 0.1) is 13.2 Å². The van der Waals surface area contributed by atoms with E-state index in [-0.39, 0.29) is 11.9 Å². The van der Waals surface area contributed by atoms with Gasteiger partial charge in [0, 0.05) is 18.1 Å². The number of rotatable bonds is 5. The maximum atomic E-state index is 12.1. The lowest BCUT2D eigenvalue weighted by Gasteiger charge is -2.18. The van der Waals surface area contributed by atoms with Gasteiger partial charge >= 0.3 is 5.97 Å². The van der Waals surface area contributed by atoms with E-state index in [2.05, 4.69) is 10.6 Å². The van der Waals surface area contributed by atoms with E-state index in [0.717, 1.165) is 17.2 Å². The first kappa shape index (κ1) is 14.9. The van der Waals surface area contributed by atoms with Crippen LogP contribution in [-0.4, -0.2) is 42.7 Å². The maximum absolute atomic E-state index is 12.1. The van der Waals surface area contributed by atoms with Crippen molar-refractivity contribution in [3.63, 3.8) is 0 Å². The minimum absolute atomic E-state index is 0.152.